The lowest BCUT2D eigenvalue weighted by Crippen LogP contribution is -2.36. The standard InChI is InChI=1S/C21H30F2N4O3/c1-5-14(6-2)17-11-16(30-27-17)13-26-21(24-4)25-12-15-9-8-10-18(28-7-3)19(15)29-20(22)23/h8-11,14,20H,5-7,12-13H2,1-4H3,(H2,24,25,26). The number of hydrogen-bond donors (Lipinski definition) is 2. The molecule has 0 spiro atoms. The Kier molecular flexibility index (Phi) is 9.37. The third-order valence-electron chi connectivity index (χ3n) is 4.65. The lowest BCUT2D eigenvalue weighted by Gasteiger charge is -2.17. The van der Waals surface area contributed by atoms with Gasteiger partial charge in [-0.15, -0.1) is 0 Å². The zero-order chi connectivity index (χ0) is 21.9. The first-order valence-corrected chi connectivity index (χ1v) is 10.1. The van der Waals surface area contributed by atoms with Crippen LogP contribution in [-0.4, -0.2) is 31.4 Å². The molecule has 1 aromatic heterocycles. The predicted molar refractivity (Wildman–Crippen MR) is 111 cm³/mol. The van der Waals surface area contributed by atoms with Crippen molar-refractivity contribution in [2.24, 2.45) is 4.99 Å². The molecular weight excluding hydrogens is 394 g/mol. The average molecular weight is 424 g/mol. The number of halogens is 2. The van der Waals surface area contributed by atoms with Crippen molar-refractivity contribution in [3.8, 4) is 11.5 Å². The van der Waals surface area contributed by atoms with E-state index >= 15 is 0 Å². The molecule has 1 heterocycles. The first-order chi connectivity index (χ1) is 14.5. The highest BCUT2D eigenvalue weighted by atomic mass is 19.3. The molecule has 0 bridgehead atoms. The smallest absolute Gasteiger partial charge is 0.387 e. The molecule has 0 aliphatic carbocycles. The SMILES string of the molecule is CCOc1cccc(CNC(=NC)NCc2cc(C(CC)CC)no2)c1OC(F)F. The van der Waals surface area contributed by atoms with E-state index in [1.165, 1.54) is 0 Å². The zero-order valence-electron chi connectivity index (χ0n) is 17.9. The van der Waals surface area contributed by atoms with Gasteiger partial charge in [-0.3, -0.25) is 4.99 Å². The molecule has 0 saturated carbocycles. The first kappa shape index (κ1) is 23.4. The monoisotopic (exact) mass is 424 g/mol. The van der Waals surface area contributed by atoms with Crippen molar-refractivity contribution in [3.63, 3.8) is 0 Å². The van der Waals surface area contributed by atoms with E-state index in [9.17, 15) is 8.78 Å². The summed E-state index contributed by atoms with van der Waals surface area (Å²) < 4.78 is 41.2. The summed E-state index contributed by atoms with van der Waals surface area (Å²) in [6, 6.07) is 6.96. The Morgan fingerprint density at radius 1 is 1.17 bits per heavy atom. The fourth-order valence-electron chi connectivity index (χ4n) is 3.07. The number of nitrogens with zero attached hydrogens (tertiary/aromatic N) is 2. The van der Waals surface area contributed by atoms with Crippen LogP contribution < -0.4 is 20.1 Å². The number of hydrogen-bond acceptors (Lipinski definition) is 5. The summed E-state index contributed by atoms with van der Waals surface area (Å²) in [6.45, 7) is 4.04. The number of guanidine groups is 1. The number of aliphatic imine (C=N–C) groups is 1. The Morgan fingerprint density at radius 3 is 2.53 bits per heavy atom. The van der Waals surface area contributed by atoms with Crippen molar-refractivity contribution in [2.45, 2.75) is 59.2 Å². The van der Waals surface area contributed by atoms with Crippen LogP contribution >= 0.6 is 0 Å². The molecule has 0 aliphatic heterocycles. The number of alkyl halides is 2. The predicted octanol–water partition coefficient (Wildman–Crippen LogP) is 4.44. The number of ether oxygens (including phenoxy) is 2. The normalized spacial score (nSPS) is 11.8. The summed E-state index contributed by atoms with van der Waals surface area (Å²) in [5.74, 6) is 1.85. The number of nitrogens with one attached hydrogen (secondary N) is 2. The van der Waals surface area contributed by atoms with E-state index < -0.39 is 6.61 Å². The van der Waals surface area contributed by atoms with Crippen LogP contribution in [0, 0.1) is 0 Å². The summed E-state index contributed by atoms with van der Waals surface area (Å²) in [5, 5.41) is 10.4. The molecule has 30 heavy (non-hydrogen) atoms. The van der Waals surface area contributed by atoms with Crippen LogP contribution in [0.4, 0.5) is 8.78 Å². The largest absolute Gasteiger partial charge is 0.490 e. The van der Waals surface area contributed by atoms with Crippen LogP contribution in [0.1, 0.15) is 56.5 Å². The molecule has 0 saturated heterocycles. The topological polar surface area (TPSA) is 80.9 Å². The summed E-state index contributed by atoms with van der Waals surface area (Å²) >= 11 is 0. The van der Waals surface area contributed by atoms with Gasteiger partial charge in [0.1, 0.15) is 0 Å². The molecule has 0 fully saturated rings. The van der Waals surface area contributed by atoms with Crippen molar-refractivity contribution in [1.82, 2.24) is 15.8 Å². The van der Waals surface area contributed by atoms with E-state index in [-0.39, 0.29) is 18.0 Å². The molecule has 1 aromatic carbocycles. The lowest BCUT2D eigenvalue weighted by molar-refractivity contribution is -0.0520. The van der Waals surface area contributed by atoms with E-state index in [4.69, 9.17) is 9.26 Å². The van der Waals surface area contributed by atoms with Gasteiger partial charge >= 0.3 is 6.61 Å². The molecule has 0 aliphatic rings. The molecule has 7 nitrogen and oxygen atoms in total. The second-order valence-corrected chi connectivity index (χ2v) is 6.57. The average Bonchev–Trinajstić information content (AvgIpc) is 3.19. The van der Waals surface area contributed by atoms with Gasteiger partial charge in [-0.2, -0.15) is 8.78 Å². The Hall–Kier alpha value is -2.84. The maximum Gasteiger partial charge on any atom is 0.387 e. The van der Waals surface area contributed by atoms with Crippen LogP contribution in [0.2, 0.25) is 0 Å². The molecule has 0 unspecified atom stereocenters. The number of benzene rings is 1. The van der Waals surface area contributed by atoms with Crippen LogP contribution in [0.3, 0.4) is 0 Å². The van der Waals surface area contributed by atoms with Crippen molar-refractivity contribution >= 4 is 5.96 Å². The molecular formula is C21H30F2N4O3. The Balaban J connectivity index is 2.00. The Bertz CT molecular complexity index is 807. The van der Waals surface area contributed by atoms with Gasteiger partial charge in [0, 0.05) is 31.1 Å². The van der Waals surface area contributed by atoms with Crippen LogP contribution in [0.5, 0.6) is 11.5 Å². The van der Waals surface area contributed by atoms with E-state index in [0.29, 0.717) is 36.4 Å². The minimum atomic E-state index is -2.95. The van der Waals surface area contributed by atoms with Gasteiger partial charge in [0.05, 0.1) is 18.8 Å². The summed E-state index contributed by atoms with van der Waals surface area (Å²) in [4.78, 5) is 4.15. The maximum absolute atomic E-state index is 12.9. The lowest BCUT2D eigenvalue weighted by atomic mass is 9.99. The molecule has 0 amide bonds. The molecule has 9 heteroatoms. The minimum Gasteiger partial charge on any atom is -0.490 e. The number of para-hydroxylation sites is 1. The van der Waals surface area contributed by atoms with Crippen molar-refractivity contribution < 1.29 is 22.8 Å². The van der Waals surface area contributed by atoms with E-state index in [2.05, 4.69) is 39.4 Å². The molecule has 166 valence electrons. The third-order valence-corrected chi connectivity index (χ3v) is 4.65. The second-order valence-electron chi connectivity index (χ2n) is 6.57. The quantitative estimate of drug-likeness (QED) is 0.410. The summed E-state index contributed by atoms with van der Waals surface area (Å²) in [6.07, 6.45) is 2.01. The number of rotatable bonds is 11. The molecule has 2 rings (SSSR count). The molecule has 0 radical (unpaired) electrons. The zero-order valence-corrected chi connectivity index (χ0v) is 17.9. The minimum absolute atomic E-state index is 0.0161. The second kappa shape index (κ2) is 12.0. The summed E-state index contributed by atoms with van der Waals surface area (Å²) in [5.41, 5.74) is 1.47. The van der Waals surface area contributed by atoms with E-state index in [0.717, 1.165) is 18.5 Å². The third kappa shape index (κ3) is 6.60. The van der Waals surface area contributed by atoms with Crippen LogP contribution in [-0.2, 0) is 13.1 Å². The highest BCUT2D eigenvalue weighted by molar-refractivity contribution is 5.79. The first-order valence-electron chi connectivity index (χ1n) is 10.1. The Morgan fingerprint density at radius 2 is 1.90 bits per heavy atom. The van der Waals surface area contributed by atoms with Crippen molar-refractivity contribution in [2.75, 3.05) is 13.7 Å². The van der Waals surface area contributed by atoms with E-state index in [1.807, 2.05) is 6.07 Å². The van der Waals surface area contributed by atoms with Crippen LogP contribution in [0.15, 0.2) is 33.8 Å². The summed E-state index contributed by atoms with van der Waals surface area (Å²) in [7, 11) is 1.62. The fraction of sp³-hybridized carbons (Fsp3) is 0.524. The highest BCUT2D eigenvalue weighted by Gasteiger charge is 2.16. The van der Waals surface area contributed by atoms with Crippen molar-refractivity contribution in [1.29, 1.82) is 0 Å². The molecule has 0 atom stereocenters. The van der Waals surface area contributed by atoms with Gasteiger partial charge in [-0.1, -0.05) is 31.1 Å². The van der Waals surface area contributed by atoms with Crippen molar-refractivity contribution in [3.05, 3.63) is 41.3 Å². The number of aromatic nitrogens is 1. The van der Waals surface area contributed by atoms with Gasteiger partial charge in [0.15, 0.2) is 23.2 Å². The molecule has 2 N–H and O–H groups in total. The molecule has 2 aromatic rings. The van der Waals surface area contributed by atoms with Gasteiger partial charge < -0.3 is 24.6 Å². The maximum atomic E-state index is 12.9. The van der Waals surface area contributed by atoms with Gasteiger partial charge in [0.2, 0.25) is 0 Å². The van der Waals surface area contributed by atoms with Gasteiger partial charge in [-0.05, 0) is 25.8 Å². The highest BCUT2D eigenvalue weighted by Crippen LogP contribution is 2.32. The van der Waals surface area contributed by atoms with E-state index in [1.54, 1.807) is 32.2 Å². The Labute approximate surface area is 175 Å². The van der Waals surface area contributed by atoms with Gasteiger partial charge in [0.25, 0.3) is 0 Å². The van der Waals surface area contributed by atoms with Crippen LogP contribution in [0.25, 0.3) is 0 Å². The van der Waals surface area contributed by atoms with Gasteiger partial charge in [-0.25, -0.2) is 0 Å². The fourth-order valence-corrected chi connectivity index (χ4v) is 3.07.